The van der Waals surface area contributed by atoms with Crippen LogP contribution in [0, 0.1) is 5.92 Å². The highest BCUT2D eigenvalue weighted by Crippen LogP contribution is 2.34. The minimum absolute atomic E-state index is 0.300. The molecule has 1 saturated carbocycles. The highest BCUT2D eigenvalue weighted by Gasteiger charge is 2.24. The summed E-state index contributed by atoms with van der Waals surface area (Å²) in [4.78, 5) is 0. The summed E-state index contributed by atoms with van der Waals surface area (Å²) in [6, 6.07) is 0. The number of nitrogens with zero attached hydrogens (tertiary/aromatic N) is 1. The molecule has 1 unspecified atom stereocenters. The second kappa shape index (κ2) is 3.27. The van der Waals surface area contributed by atoms with Crippen molar-refractivity contribution in [2.45, 2.75) is 31.8 Å². The molecule has 0 radical (unpaired) electrons. The van der Waals surface area contributed by atoms with E-state index in [2.05, 4.69) is 10.2 Å². The van der Waals surface area contributed by atoms with Gasteiger partial charge in [-0.05, 0) is 18.8 Å². The largest absolute Gasteiger partial charge is 0.388 e. The smallest absolute Gasteiger partial charge is 0.0848 e. The second-order valence-electron chi connectivity index (χ2n) is 3.52. The third kappa shape index (κ3) is 1.37. The number of aliphatic hydroxyl groups is 1. The Morgan fingerprint density at radius 3 is 2.83 bits per heavy atom. The molecular weight excluding hydrogens is 152 g/mol. The van der Waals surface area contributed by atoms with Gasteiger partial charge in [0.25, 0.3) is 0 Å². The van der Waals surface area contributed by atoms with Gasteiger partial charge in [-0.15, -0.1) is 0 Å². The first-order valence-electron chi connectivity index (χ1n) is 4.54. The van der Waals surface area contributed by atoms with Gasteiger partial charge < -0.3 is 5.11 Å². The lowest BCUT2D eigenvalue weighted by Gasteiger charge is -2.15. The Hall–Kier alpha value is -0.830. The average Bonchev–Trinajstić information content (AvgIpc) is 2.77. The van der Waals surface area contributed by atoms with E-state index >= 15 is 0 Å². The van der Waals surface area contributed by atoms with Crippen LogP contribution >= 0.6 is 0 Å². The maximum Gasteiger partial charge on any atom is 0.0848 e. The van der Waals surface area contributed by atoms with Crippen LogP contribution in [0.4, 0.5) is 0 Å². The third-order valence-corrected chi connectivity index (χ3v) is 2.71. The van der Waals surface area contributed by atoms with Crippen LogP contribution in [0.1, 0.15) is 37.4 Å². The van der Waals surface area contributed by atoms with Crippen molar-refractivity contribution in [2.75, 3.05) is 0 Å². The summed E-state index contributed by atoms with van der Waals surface area (Å²) in [7, 11) is 0. The van der Waals surface area contributed by atoms with E-state index in [0.717, 1.165) is 18.4 Å². The molecule has 2 N–H and O–H groups in total. The molecule has 1 aliphatic rings. The van der Waals surface area contributed by atoms with Crippen molar-refractivity contribution in [3.63, 3.8) is 0 Å². The Morgan fingerprint density at radius 2 is 2.25 bits per heavy atom. The summed E-state index contributed by atoms with van der Waals surface area (Å²) in [6.45, 7) is 0. The molecule has 1 fully saturated rings. The molecule has 1 atom stereocenters. The van der Waals surface area contributed by atoms with Gasteiger partial charge in [-0.1, -0.05) is 12.8 Å². The first-order chi connectivity index (χ1) is 5.88. The zero-order valence-electron chi connectivity index (χ0n) is 7.03. The van der Waals surface area contributed by atoms with Crippen molar-refractivity contribution in [3.05, 3.63) is 18.0 Å². The van der Waals surface area contributed by atoms with Crippen molar-refractivity contribution in [1.82, 2.24) is 10.2 Å². The van der Waals surface area contributed by atoms with Crippen LogP contribution in [0.25, 0.3) is 0 Å². The predicted molar refractivity (Wildman–Crippen MR) is 45.5 cm³/mol. The van der Waals surface area contributed by atoms with Gasteiger partial charge in [-0.25, -0.2) is 0 Å². The minimum atomic E-state index is -0.300. The van der Waals surface area contributed by atoms with Crippen molar-refractivity contribution in [2.24, 2.45) is 5.92 Å². The van der Waals surface area contributed by atoms with Crippen LogP contribution in [0.3, 0.4) is 0 Å². The topological polar surface area (TPSA) is 48.9 Å². The minimum Gasteiger partial charge on any atom is -0.388 e. The lowest BCUT2D eigenvalue weighted by molar-refractivity contribution is 0.111. The molecule has 0 bridgehead atoms. The molecule has 2 rings (SSSR count). The second-order valence-corrected chi connectivity index (χ2v) is 3.52. The summed E-state index contributed by atoms with van der Waals surface area (Å²) >= 11 is 0. The number of aromatic nitrogens is 2. The summed E-state index contributed by atoms with van der Waals surface area (Å²) < 4.78 is 0. The van der Waals surface area contributed by atoms with E-state index in [1.54, 1.807) is 12.4 Å². The molecule has 3 nitrogen and oxygen atoms in total. The molecule has 3 heteroatoms. The molecular formula is C9H14N2O. The molecule has 0 aromatic carbocycles. The Bertz CT molecular complexity index is 227. The molecule has 0 aliphatic heterocycles. The monoisotopic (exact) mass is 166 g/mol. The van der Waals surface area contributed by atoms with Crippen molar-refractivity contribution in [1.29, 1.82) is 0 Å². The Morgan fingerprint density at radius 1 is 1.50 bits per heavy atom. The molecule has 12 heavy (non-hydrogen) atoms. The van der Waals surface area contributed by atoms with E-state index in [1.807, 2.05) is 0 Å². The molecule has 0 saturated heterocycles. The van der Waals surface area contributed by atoms with Crippen LogP contribution in [-0.2, 0) is 0 Å². The maximum atomic E-state index is 9.85. The summed E-state index contributed by atoms with van der Waals surface area (Å²) in [6.07, 6.45) is 8.04. The normalized spacial score (nSPS) is 21.4. The highest BCUT2D eigenvalue weighted by molar-refractivity contribution is 5.08. The van der Waals surface area contributed by atoms with E-state index < -0.39 is 0 Å². The van der Waals surface area contributed by atoms with Crippen molar-refractivity contribution >= 4 is 0 Å². The van der Waals surface area contributed by atoms with Gasteiger partial charge in [0.05, 0.1) is 12.3 Å². The fourth-order valence-corrected chi connectivity index (χ4v) is 1.97. The SMILES string of the molecule is OC(c1cn[nH]c1)C1CCCC1. The number of hydrogen-bond donors (Lipinski definition) is 2. The standard InChI is InChI=1S/C9H14N2O/c12-9(7-3-1-2-4-7)8-5-10-11-6-8/h5-7,9,12H,1-4H2,(H,10,11). The molecule has 0 spiro atoms. The van der Waals surface area contributed by atoms with Crippen molar-refractivity contribution in [3.8, 4) is 0 Å². The van der Waals surface area contributed by atoms with E-state index in [9.17, 15) is 5.11 Å². The van der Waals surface area contributed by atoms with Crippen LogP contribution in [0.2, 0.25) is 0 Å². The molecule has 1 aromatic heterocycles. The zero-order chi connectivity index (χ0) is 8.39. The van der Waals surface area contributed by atoms with Crippen LogP contribution in [0.5, 0.6) is 0 Å². The maximum absolute atomic E-state index is 9.85. The lowest BCUT2D eigenvalue weighted by Crippen LogP contribution is -2.07. The molecule has 1 aliphatic carbocycles. The lowest BCUT2D eigenvalue weighted by atomic mass is 9.97. The van der Waals surface area contributed by atoms with Crippen LogP contribution < -0.4 is 0 Å². The first-order valence-corrected chi connectivity index (χ1v) is 4.54. The van der Waals surface area contributed by atoms with Crippen LogP contribution in [0.15, 0.2) is 12.4 Å². The van der Waals surface area contributed by atoms with Gasteiger partial charge in [0.1, 0.15) is 0 Å². The quantitative estimate of drug-likeness (QED) is 0.701. The van der Waals surface area contributed by atoms with Crippen LogP contribution in [-0.4, -0.2) is 15.3 Å². The molecule has 1 aromatic rings. The average molecular weight is 166 g/mol. The Balaban J connectivity index is 2.04. The van der Waals surface area contributed by atoms with E-state index in [0.29, 0.717) is 5.92 Å². The number of H-pyrrole nitrogens is 1. The molecule has 66 valence electrons. The predicted octanol–water partition coefficient (Wildman–Crippen LogP) is 1.63. The Kier molecular flexibility index (Phi) is 2.13. The Labute approximate surface area is 71.8 Å². The van der Waals surface area contributed by atoms with Crippen molar-refractivity contribution < 1.29 is 5.11 Å². The highest BCUT2D eigenvalue weighted by atomic mass is 16.3. The first kappa shape index (κ1) is 7.80. The van der Waals surface area contributed by atoms with E-state index in [4.69, 9.17) is 0 Å². The number of nitrogens with one attached hydrogen (secondary N) is 1. The molecule has 1 heterocycles. The van der Waals surface area contributed by atoms with Gasteiger partial charge in [0.15, 0.2) is 0 Å². The van der Waals surface area contributed by atoms with Gasteiger partial charge >= 0.3 is 0 Å². The summed E-state index contributed by atoms with van der Waals surface area (Å²) in [5, 5.41) is 16.4. The number of aliphatic hydroxyl groups excluding tert-OH is 1. The number of rotatable bonds is 2. The summed E-state index contributed by atoms with van der Waals surface area (Å²) in [5.41, 5.74) is 0.932. The number of aromatic amines is 1. The molecule has 0 amide bonds. The van der Waals surface area contributed by atoms with E-state index in [-0.39, 0.29) is 6.10 Å². The fourth-order valence-electron chi connectivity index (χ4n) is 1.97. The van der Waals surface area contributed by atoms with E-state index in [1.165, 1.54) is 12.8 Å². The summed E-state index contributed by atoms with van der Waals surface area (Å²) in [5.74, 6) is 0.461. The third-order valence-electron chi connectivity index (χ3n) is 2.71. The fraction of sp³-hybridized carbons (Fsp3) is 0.667. The van der Waals surface area contributed by atoms with Gasteiger partial charge in [0.2, 0.25) is 0 Å². The number of hydrogen-bond acceptors (Lipinski definition) is 2. The van der Waals surface area contributed by atoms with Gasteiger partial charge in [-0.2, -0.15) is 5.10 Å². The van der Waals surface area contributed by atoms with Gasteiger partial charge in [-0.3, -0.25) is 5.10 Å². The van der Waals surface area contributed by atoms with Gasteiger partial charge in [0, 0.05) is 11.8 Å². The zero-order valence-corrected chi connectivity index (χ0v) is 7.03.